The Hall–Kier alpha value is -2.15. The smallest absolute Gasteiger partial charge is 0.269 e. The van der Waals surface area contributed by atoms with Gasteiger partial charge in [-0.15, -0.1) is 11.8 Å². The van der Waals surface area contributed by atoms with Crippen molar-refractivity contribution in [2.75, 3.05) is 11.9 Å². The Bertz CT molecular complexity index is 587. The van der Waals surface area contributed by atoms with Crippen LogP contribution in [-0.2, 0) is 5.75 Å². The van der Waals surface area contributed by atoms with E-state index in [0.717, 1.165) is 29.4 Å². The average molecular weight is 304 g/mol. The minimum absolute atomic E-state index is 0.102. The Kier molecular flexibility index (Phi) is 5.51. The Balaban J connectivity index is 1.88. The van der Waals surface area contributed by atoms with Crippen LogP contribution in [0.1, 0.15) is 19.0 Å². The zero-order chi connectivity index (χ0) is 15.1. The second-order valence-electron chi connectivity index (χ2n) is 4.36. The number of nitrogens with zero attached hydrogens (tertiary/aromatic N) is 3. The van der Waals surface area contributed by atoms with Crippen LogP contribution in [0.3, 0.4) is 0 Å². The summed E-state index contributed by atoms with van der Waals surface area (Å²) in [7, 11) is 0. The van der Waals surface area contributed by atoms with Gasteiger partial charge in [-0.2, -0.15) is 0 Å². The number of hydrogen-bond acceptors (Lipinski definition) is 6. The van der Waals surface area contributed by atoms with E-state index in [-0.39, 0.29) is 5.69 Å². The molecule has 1 heterocycles. The zero-order valence-corrected chi connectivity index (χ0v) is 12.5. The van der Waals surface area contributed by atoms with E-state index in [1.807, 2.05) is 0 Å². The van der Waals surface area contributed by atoms with E-state index in [9.17, 15) is 10.1 Å². The van der Waals surface area contributed by atoms with Gasteiger partial charge in [0.15, 0.2) is 0 Å². The van der Waals surface area contributed by atoms with Gasteiger partial charge in [-0.1, -0.05) is 6.92 Å². The third-order valence-corrected chi connectivity index (χ3v) is 3.74. The molecule has 0 atom stereocenters. The molecule has 0 radical (unpaired) electrons. The molecule has 7 heteroatoms. The van der Waals surface area contributed by atoms with Crippen molar-refractivity contribution in [1.82, 2.24) is 9.97 Å². The van der Waals surface area contributed by atoms with Crippen molar-refractivity contribution in [3.63, 3.8) is 0 Å². The van der Waals surface area contributed by atoms with Crippen LogP contribution in [0.15, 0.2) is 41.6 Å². The summed E-state index contributed by atoms with van der Waals surface area (Å²) < 4.78 is 0. The van der Waals surface area contributed by atoms with Crippen LogP contribution in [0.2, 0.25) is 0 Å². The lowest BCUT2D eigenvalue weighted by Crippen LogP contribution is -2.02. The van der Waals surface area contributed by atoms with Crippen molar-refractivity contribution in [1.29, 1.82) is 0 Å². The lowest BCUT2D eigenvalue weighted by atomic mass is 10.3. The highest BCUT2D eigenvalue weighted by molar-refractivity contribution is 7.98. The maximum Gasteiger partial charge on any atom is 0.269 e. The molecule has 0 unspecified atom stereocenters. The Morgan fingerprint density at radius 3 is 2.57 bits per heavy atom. The molecule has 0 bridgehead atoms. The summed E-state index contributed by atoms with van der Waals surface area (Å²) >= 11 is 1.57. The fourth-order valence-electron chi connectivity index (χ4n) is 1.60. The molecule has 0 saturated carbocycles. The maximum absolute atomic E-state index is 10.6. The Labute approximate surface area is 127 Å². The third kappa shape index (κ3) is 4.71. The van der Waals surface area contributed by atoms with Crippen LogP contribution in [0.5, 0.6) is 0 Å². The van der Waals surface area contributed by atoms with Gasteiger partial charge in [0, 0.05) is 29.3 Å². The molecule has 0 aliphatic carbocycles. The van der Waals surface area contributed by atoms with Gasteiger partial charge in [-0.25, -0.2) is 4.98 Å². The minimum atomic E-state index is -0.401. The first-order chi connectivity index (χ1) is 10.2. The molecule has 2 aromatic rings. The molecule has 21 heavy (non-hydrogen) atoms. The number of nitro groups is 1. The Morgan fingerprint density at radius 2 is 2.00 bits per heavy atom. The number of nitrogens with one attached hydrogen (secondary N) is 1. The summed E-state index contributed by atoms with van der Waals surface area (Å²) in [6.07, 6.45) is 4.51. The van der Waals surface area contributed by atoms with Gasteiger partial charge in [-0.05, 0) is 18.6 Å². The fourth-order valence-corrected chi connectivity index (χ4v) is 2.39. The lowest BCUT2D eigenvalue weighted by molar-refractivity contribution is -0.384. The predicted molar refractivity (Wildman–Crippen MR) is 83.5 cm³/mol. The average Bonchev–Trinajstić information content (AvgIpc) is 2.52. The number of anilines is 1. The monoisotopic (exact) mass is 304 g/mol. The number of hydrogen-bond donors (Lipinski definition) is 1. The van der Waals surface area contributed by atoms with Crippen LogP contribution in [-0.4, -0.2) is 21.4 Å². The first-order valence-electron chi connectivity index (χ1n) is 6.61. The number of non-ortho nitro benzene ring substituents is 1. The van der Waals surface area contributed by atoms with Crippen molar-refractivity contribution < 1.29 is 4.92 Å². The van der Waals surface area contributed by atoms with Crippen LogP contribution < -0.4 is 5.32 Å². The highest BCUT2D eigenvalue weighted by Crippen LogP contribution is 2.24. The summed E-state index contributed by atoms with van der Waals surface area (Å²) in [6, 6.07) is 6.50. The molecule has 1 N–H and O–H groups in total. The molecule has 1 aromatic heterocycles. The normalized spacial score (nSPS) is 10.3. The maximum atomic E-state index is 10.6. The predicted octanol–water partition coefficient (Wildman–Crippen LogP) is 3.50. The number of benzene rings is 1. The van der Waals surface area contributed by atoms with Crippen molar-refractivity contribution in [3.05, 3.63) is 52.5 Å². The molecule has 2 rings (SSSR count). The molecule has 1 aromatic carbocycles. The number of nitro benzene ring substituents is 1. The summed E-state index contributed by atoms with van der Waals surface area (Å²) in [5.74, 6) is 1.46. The Morgan fingerprint density at radius 1 is 1.24 bits per heavy atom. The van der Waals surface area contributed by atoms with Crippen molar-refractivity contribution in [2.45, 2.75) is 24.0 Å². The van der Waals surface area contributed by atoms with E-state index >= 15 is 0 Å². The SMILES string of the molecule is CCCNc1cnc(CSc2ccc([N+](=O)[O-])cc2)cn1. The fraction of sp³-hybridized carbons (Fsp3) is 0.286. The van der Waals surface area contributed by atoms with Crippen LogP contribution in [0.4, 0.5) is 11.5 Å². The molecular formula is C14H16N4O2S. The van der Waals surface area contributed by atoms with E-state index in [0.29, 0.717) is 5.75 Å². The quantitative estimate of drug-likeness (QED) is 0.479. The van der Waals surface area contributed by atoms with Gasteiger partial charge in [0.1, 0.15) is 5.82 Å². The van der Waals surface area contributed by atoms with Gasteiger partial charge < -0.3 is 5.32 Å². The van der Waals surface area contributed by atoms with E-state index in [2.05, 4.69) is 22.2 Å². The molecular weight excluding hydrogens is 288 g/mol. The largest absolute Gasteiger partial charge is 0.369 e. The van der Waals surface area contributed by atoms with Crippen LogP contribution in [0.25, 0.3) is 0 Å². The summed E-state index contributed by atoms with van der Waals surface area (Å²) in [5.41, 5.74) is 0.978. The van der Waals surface area contributed by atoms with Gasteiger partial charge in [0.05, 0.1) is 23.0 Å². The molecule has 0 fully saturated rings. The molecule has 6 nitrogen and oxygen atoms in total. The van der Waals surface area contributed by atoms with Gasteiger partial charge in [-0.3, -0.25) is 15.1 Å². The van der Waals surface area contributed by atoms with E-state index in [1.54, 1.807) is 36.3 Å². The molecule has 0 saturated heterocycles. The molecule has 110 valence electrons. The summed E-state index contributed by atoms with van der Waals surface area (Å²) in [6.45, 7) is 2.97. The molecule has 0 aliphatic heterocycles. The summed E-state index contributed by atoms with van der Waals surface area (Å²) in [5, 5.41) is 13.7. The molecule has 0 aliphatic rings. The van der Waals surface area contributed by atoms with E-state index in [4.69, 9.17) is 0 Å². The highest BCUT2D eigenvalue weighted by atomic mass is 32.2. The van der Waals surface area contributed by atoms with Crippen molar-refractivity contribution in [2.24, 2.45) is 0 Å². The standard InChI is InChI=1S/C14H16N4O2S/c1-2-7-15-14-9-16-11(8-17-14)10-21-13-5-3-12(4-6-13)18(19)20/h3-6,8-9H,2,7,10H2,1H3,(H,15,17). The zero-order valence-electron chi connectivity index (χ0n) is 11.7. The first-order valence-corrected chi connectivity index (χ1v) is 7.59. The first kappa shape index (κ1) is 15.2. The van der Waals surface area contributed by atoms with Crippen LogP contribution >= 0.6 is 11.8 Å². The number of aromatic nitrogens is 2. The van der Waals surface area contributed by atoms with Gasteiger partial charge >= 0.3 is 0 Å². The van der Waals surface area contributed by atoms with Crippen LogP contribution in [0, 0.1) is 10.1 Å². The van der Waals surface area contributed by atoms with Gasteiger partial charge in [0.2, 0.25) is 0 Å². The van der Waals surface area contributed by atoms with Crippen molar-refractivity contribution in [3.8, 4) is 0 Å². The second kappa shape index (κ2) is 7.58. The lowest BCUT2D eigenvalue weighted by Gasteiger charge is -2.04. The van der Waals surface area contributed by atoms with Crippen molar-refractivity contribution >= 4 is 23.3 Å². The highest BCUT2D eigenvalue weighted by Gasteiger charge is 2.05. The van der Waals surface area contributed by atoms with Gasteiger partial charge in [0.25, 0.3) is 5.69 Å². The minimum Gasteiger partial charge on any atom is -0.369 e. The number of thioether (sulfide) groups is 1. The topological polar surface area (TPSA) is 81.0 Å². The van der Waals surface area contributed by atoms with E-state index in [1.165, 1.54) is 12.1 Å². The molecule has 0 amide bonds. The second-order valence-corrected chi connectivity index (χ2v) is 5.41. The molecule has 0 spiro atoms. The summed E-state index contributed by atoms with van der Waals surface area (Å²) in [4.78, 5) is 19.8. The number of rotatable bonds is 7. The third-order valence-electron chi connectivity index (χ3n) is 2.70. The van der Waals surface area contributed by atoms with E-state index < -0.39 is 4.92 Å².